The van der Waals surface area contributed by atoms with Gasteiger partial charge in [-0.3, -0.25) is 9.59 Å². The molecular weight excluding hydrogens is 376 g/mol. The van der Waals surface area contributed by atoms with Crippen LogP contribution in [-0.2, 0) is 16.1 Å². The lowest BCUT2D eigenvalue weighted by Gasteiger charge is -2.29. The number of carbonyl (C=O) groups excluding carboxylic acids is 2. The summed E-state index contributed by atoms with van der Waals surface area (Å²) in [4.78, 5) is 26.9. The van der Waals surface area contributed by atoms with Gasteiger partial charge in [-0.15, -0.1) is 0 Å². The Morgan fingerprint density at radius 2 is 1.79 bits per heavy atom. The van der Waals surface area contributed by atoms with Crippen LogP contribution in [0.3, 0.4) is 0 Å². The van der Waals surface area contributed by atoms with E-state index in [0.717, 1.165) is 18.4 Å². The topological polar surface area (TPSA) is 58.6 Å². The minimum Gasteiger partial charge on any atom is -0.484 e. The van der Waals surface area contributed by atoms with E-state index in [1.807, 2.05) is 36.4 Å². The summed E-state index contributed by atoms with van der Waals surface area (Å²) in [7, 11) is 0. The van der Waals surface area contributed by atoms with Gasteiger partial charge in [-0.05, 0) is 37.1 Å². The van der Waals surface area contributed by atoms with Crippen LogP contribution in [0.15, 0.2) is 54.6 Å². The van der Waals surface area contributed by atoms with Crippen molar-refractivity contribution in [2.24, 2.45) is 0 Å². The van der Waals surface area contributed by atoms with Gasteiger partial charge in [0.1, 0.15) is 11.8 Å². The van der Waals surface area contributed by atoms with Crippen LogP contribution in [0.2, 0.25) is 5.02 Å². The van der Waals surface area contributed by atoms with E-state index in [1.165, 1.54) is 4.90 Å². The van der Waals surface area contributed by atoms with E-state index in [0.29, 0.717) is 17.3 Å². The Balaban J connectivity index is 2.11. The summed E-state index contributed by atoms with van der Waals surface area (Å²) in [5, 5.41) is 3.44. The van der Waals surface area contributed by atoms with Crippen molar-refractivity contribution in [2.75, 3.05) is 13.2 Å². The fourth-order valence-corrected chi connectivity index (χ4v) is 2.87. The largest absolute Gasteiger partial charge is 0.484 e. The fourth-order valence-electron chi connectivity index (χ4n) is 2.67. The van der Waals surface area contributed by atoms with Crippen molar-refractivity contribution in [2.45, 2.75) is 39.3 Å². The van der Waals surface area contributed by atoms with E-state index < -0.39 is 6.04 Å². The lowest BCUT2D eigenvalue weighted by atomic mass is 10.1. The molecule has 0 aromatic heterocycles. The summed E-state index contributed by atoms with van der Waals surface area (Å²) in [6, 6.07) is 15.8. The summed E-state index contributed by atoms with van der Waals surface area (Å²) in [5.41, 5.74) is 0.783. The van der Waals surface area contributed by atoms with E-state index in [9.17, 15) is 9.59 Å². The lowest BCUT2D eigenvalue weighted by molar-refractivity contribution is -0.142. The number of para-hydroxylation sites is 1. The highest BCUT2D eigenvalue weighted by Crippen LogP contribution is 2.19. The summed E-state index contributed by atoms with van der Waals surface area (Å²) in [6.07, 6.45) is 1.88. The molecule has 150 valence electrons. The van der Waals surface area contributed by atoms with E-state index in [4.69, 9.17) is 16.3 Å². The van der Waals surface area contributed by atoms with Crippen LogP contribution >= 0.6 is 11.6 Å². The second-order valence-electron chi connectivity index (χ2n) is 6.54. The number of halogens is 1. The normalized spacial score (nSPS) is 11.5. The highest BCUT2D eigenvalue weighted by atomic mass is 35.5. The first kappa shape index (κ1) is 21.8. The minimum atomic E-state index is -0.639. The molecule has 0 unspecified atom stereocenters. The third kappa shape index (κ3) is 6.57. The molecule has 0 spiro atoms. The molecule has 0 aliphatic rings. The maximum atomic E-state index is 12.9. The van der Waals surface area contributed by atoms with Crippen LogP contribution in [0.1, 0.15) is 32.3 Å². The second kappa shape index (κ2) is 11.3. The molecule has 2 amide bonds. The monoisotopic (exact) mass is 402 g/mol. The van der Waals surface area contributed by atoms with Crippen molar-refractivity contribution in [1.29, 1.82) is 0 Å². The minimum absolute atomic E-state index is 0.152. The molecule has 0 aliphatic carbocycles. The molecule has 2 rings (SSSR count). The van der Waals surface area contributed by atoms with Crippen molar-refractivity contribution < 1.29 is 14.3 Å². The van der Waals surface area contributed by atoms with E-state index in [-0.39, 0.29) is 25.0 Å². The molecule has 6 heteroatoms. The van der Waals surface area contributed by atoms with Gasteiger partial charge < -0.3 is 15.0 Å². The predicted octanol–water partition coefficient (Wildman–Crippen LogP) is 4.05. The average Bonchev–Trinajstić information content (AvgIpc) is 2.71. The zero-order chi connectivity index (χ0) is 20.4. The van der Waals surface area contributed by atoms with Crippen molar-refractivity contribution in [1.82, 2.24) is 10.2 Å². The third-order valence-electron chi connectivity index (χ3n) is 4.40. The van der Waals surface area contributed by atoms with E-state index >= 15 is 0 Å². The molecule has 2 aromatic rings. The Morgan fingerprint density at radius 1 is 1.11 bits per heavy atom. The van der Waals surface area contributed by atoms with Crippen molar-refractivity contribution in [3.8, 4) is 5.75 Å². The van der Waals surface area contributed by atoms with Gasteiger partial charge in [0.05, 0.1) is 0 Å². The Bertz CT molecular complexity index is 767. The Morgan fingerprint density at radius 3 is 2.46 bits per heavy atom. The predicted molar refractivity (Wildman–Crippen MR) is 111 cm³/mol. The van der Waals surface area contributed by atoms with Gasteiger partial charge in [-0.25, -0.2) is 0 Å². The number of nitrogens with one attached hydrogen (secondary N) is 1. The maximum absolute atomic E-state index is 12.9. The third-order valence-corrected chi connectivity index (χ3v) is 4.77. The van der Waals surface area contributed by atoms with Crippen molar-refractivity contribution >= 4 is 23.4 Å². The fraction of sp³-hybridized carbons (Fsp3) is 0.364. The molecule has 0 saturated carbocycles. The Hall–Kier alpha value is -2.53. The highest BCUT2D eigenvalue weighted by molar-refractivity contribution is 6.31. The lowest BCUT2D eigenvalue weighted by Crippen LogP contribution is -2.49. The number of carbonyl (C=O) groups is 2. The number of amides is 2. The average molecular weight is 403 g/mol. The first-order valence-corrected chi connectivity index (χ1v) is 9.89. The van der Waals surface area contributed by atoms with Gasteiger partial charge in [0, 0.05) is 18.1 Å². The van der Waals surface area contributed by atoms with Gasteiger partial charge >= 0.3 is 0 Å². The standard InChI is InChI=1S/C22H27ClN2O3/c1-3-4-14-24-22(27)17(2)25(15-18-10-8-9-13-20(18)23)21(26)16-28-19-11-6-5-7-12-19/h5-13,17H,3-4,14-16H2,1-2H3,(H,24,27)/t17-/m0/s1. The molecule has 0 bridgehead atoms. The van der Waals surface area contributed by atoms with Gasteiger partial charge in [0.25, 0.3) is 5.91 Å². The second-order valence-corrected chi connectivity index (χ2v) is 6.94. The number of hydrogen-bond acceptors (Lipinski definition) is 3. The summed E-state index contributed by atoms with van der Waals surface area (Å²) < 4.78 is 5.59. The van der Waals surface area contributed by atoms with Crippen LogP contribution in [0, 0.1) is 0 Å². The molecule has 0 radical (unpaired) electrons. The van der Waals surface area contributed by atoms with Crippen molar-refractivity contribution in [3.63, 3.8) is 0 Å². The number of benzene rings is 2. The first-order chi connectivity index (χ1) is 13.5. The van der Waals surface area contributed by atoms with Crippen LogP contribution < -0.4 is 10.1 Å². The number of ether oxygens (including phenoxy) is 1. The number of nitrogens with zero attached hydrogens (tertiary/aromatic N) is 1. The summed E-state index contributed by atoms with van der Waals surface area (Å²) in [5.74, 6) is 0.143. The zero-order valence-electron chi connectivity index (χ0n) is 16.4. The Kier molecular flexibility index (Phi) is 8.82. The smallest absolute Gasteiger partial charge is 0.261 e. The SMILES string of the molecule is CCCCNC(=O)[C@H](C)N(Cc1ccccc1Cl)C(=O)COc1ccccc1. The molecule has 28 heavy (non-hydrogen) atoms. The highest BCUT2D eigenvalue weighted by Gasteiger charge is 2.26. The van der Waals surface area contributed by atoms with Crippen LogP contribution in [0.25, 0.3) is 0 Å². The van der Waals surface area contributed by atoms with Crippen LogP contribution in [0.5, 0.6) is 5.75 Å². The van der Waals surface area contributed by atoms with Gasteiger partial charge in [-0.2, -0.15) is 0 Å². The molecular formula is C22H27ClN2O3. The number of rotatable bonds is 10. The Labute approximate surface area is 171 Å². The number of unbranched alkanes of at least 4 members (excludes halogenated alkanes) is 1. The molecule has 1 atom stereocenters. The van der Waals surface area contributed by atoms with Crippen molar-refractivity contribution in [3.05, 3.63) is 65.2 Å². The molecule has 0 fully saturated rings. The maximum Gasteiger partial charge on any atom is 0.261 e. The zero-order valence-corrected chi connectivity index (χ0v) is 17.1. The van der Waals surface area contributed by atoms with E-state index in [2.05, 4.69) is 12.2 Å². The number of hydrogen-bond donors (Lipinski definition) is 1. The van der Waals surface area contributed by atoms with Crippen LogP contribution in [-0.4, -0.2) is 35.9 Å². The van der Waals surface area contributed by atoms with E-state index in [1.54, 1.807) is 25.1 Å². The summed E-state index contributed by atoms with van der Waals surface area (Å²) in [6.45, 7) is 4.46. The first-order valence-electron chi connectivity index (χ1n) is 9.51. The molecule has 0 saturated heterocycles. The van der Waals surface area contributed by atoms with Gasteiger partial charge in [0.15, 0.2) is 6.61 Å². The molecule has 0 aliphatic heterocycles. The molecule has 0 heterocycles. The molecule has 5 nitrogen and oxygen atoms in total. The molecule has 2 aromatic carbocycles. The molecule has 1 N–H and O–H groups in total. The van der Waals surface area contributed by atoms with Gasteiger partial charge in [-0.1, -0.05) is 61.3 Å². The summed E-state index contributed by atoms with van der Waals surface area (Å²) >= 11 is 6.26. The van der Waals surface area contributed by atoms with Crippen LogP contribution in [0.4, 0.5) is 0 Å². The quantitative estimate of drug-likeness (QED) is 0.610. The van der Waals surface area contributed by atoms with Gasteiger partial charge in [0.2, 0.25) is 5.91 Å².